The Morgan fingerprint density at radius 3 is 2.38 bits per heavy atom. The van der Waals surface area contributed by atoms with E-state index in [2.05, 4.69) is 9.97 Å². The molecule has 1 aromatic heterocycles. The van der Waals surface area contributed by atoms with Gasteiger partial charge in [0.25, 0.3) is 5.91 Å². The van der Waals surface area contributed by atoms with Gasteiger partial charge in [0.2, 0.25) is 5.95 Å². The van der Waals surface area contributed by atoms with Crippen molar-refractivity contribution in [1.82, 2.24) is 14.9 Å². The van der Waals surface area contributed by atoms with Crippen LogP contribution in [0.15, 0.2) is 36.7 Å². The molecule has 0 bridgehead atoms. The minimum absolute atomic E-state index is 0.0565. The van der Waals surface area contributed by atoms with Gasteiger partial charge in [-0.1, -0.05) is 6.07 Å². The molecule has 1 amide bonds. The maximum absolute atomic E-state index is 12.5. The van der Waals surface area contributed by atoms with Crippen molar-refractivity contribution >= 4 is 17.8 Å². The number of anilines is 1. The summed E-state index contributed by atoms with van der Waals surface area (Å²) >= 11 is 0. The molecule has 1 heterocycles. The van der Waals surface area contributed by atoms with Crippen molar-refractivity contribution in [2.45, 2.75) is 13.5 Å². The number of methoxy groups -OCH3 is 2. The van der Waals surface area contributed by atoms with Gasteiger partial charge in [0, 0.05) is 32.5 Å². The lowest BCUT2D eigenvalue weighted by molar-refractivity contribution is -0.151. The van der Waals surface area contributed by atoms with Crippen LogP contribution in [0.25, 0.3) is 0 Å². The third-order valence-corrected chi connectivity index (χ3v) is 4.17. The van der Waals surface area contributed by atoms with E-state index in [4.69, 9.17) is 14.2 Å². The van der Waals surface area contributed by atoms with E-state index in [1.54, 1.807) is 55.6 Å². The fraction of sp³-hybridized carbons (Fsp3) is 0.400. The van der Waals surface area contributed by atoms with Crippen LogP contribution in [0.1, 0.15) is 12.5 Å². The van der Waals surface area contributed by atoms with E-state index in [9.17, 15) is 9.59 Å². The number of rotatable bonds is 10. The summed E-state index contributed by atoms with van der Waals surface area (Å²) in [6, 6.07) is 7.15. The molecule has 29 heavy (non-hydrogen) atoms. The number of aromatic nitrogens is 2. The highest BCUT2D eigenvalue weighted by Crippen LogP contribution is 2.28. The third-order valence-electron chi connectivity index (χ3n) is 4.17. The molecule has 0 atom stereocenters. The van der Waals surface area contributed by atoms with E-state index in [-0.39, 0.29) is 19.1 Å². The van der Waals surface area contributed by atoms with Crippen molar-refractivity contribution in [3.63, 3.8) is 0 Å². The number of esters is 1. The van der Waals surface area contributed by atoms with Gasteiger partial charge in [-0.3, -0.25) is 9.59 Å². The number of carbonyl (C=O) groups is 2. The predicted molar refractivity (Wildman–Crippen MR) is 107 cm³/mol. The summed E-state index contributed by atoms with van der Waals surface area (Å²) in [4.78, 5) is 35.8. The van der Waals surface area contributed by atoms with Gasteiger partial charge < -0.3 is 24.0 Å². The minimum atomic E-state index is -0.532. The molecule has 0 N–H and O–H groups in total. The van der Waals surface area contributed by atoms with Gasteiger partial charge in [0.15, 0.2) is 18.1 Å². The minimum Gasteiger partial charge on any atom is -0.493 e. The summed E-state index contributed by atoms with van der Waals surface area (Å²) in [7, 11) is 4.80. The molecular weight excluding hydrogens is 376 g/mol. The maximum atomic E-state index is 12.5. The number of nitrogens with zero attached hydrogens (tertiary/aromatic N) is 4. The second-order valence-electron chi connectivity index (χ2n) is 6.16. The Kier molecular flexibility index (Phi) is 8.20. The first-order valence-corrected chi connectivity index (χ1v) is 9.10. The lowest BCUT2D eigenvalue weighted by Gasteiger charge is -2.22. The van der Waals surface area contributed by atoms with Gasteiger partial charge in [0.1, 0.15) is 6.54 Å². The number of likely N-dealkylation sites (N-methyl/N-ethyl adjacent to an activating group) is 2. The molecule has 0 aliphatic rings. The molecule has 0 saturated carbocycles. The first-order chi connectivity index (χ1) is 14.0. The Labute approximate surface area is 170 Å². The van der Waals surface area contributed by atoms with E-state index in [0.717, 1.165) is 5.56 Å². The van der Waals surface area contributed by atoms with E-state index in [0.29, 0.717) is 30.5 Å². The van der Waals surface area contributed by atoms with Crippen LogP contribution in [-0.2, 0) is 20.9 Å². The number of carbonyl (C=O) groups excluding carboxylic acids is 2. The standard InChI is InChI=1S/C20H26N4O5/c1-5-24(12-15-7-8-16(27-3)17(11-15)28-4)18(25)14-29-19(26)13-23(2)20-21-9-6-10-22-20/h6-11H,5,12-14H2,1-4H3. The van der Waals surface area contributed by atoms with Crippen LogP contribution in [0.4, 0.5) is 5.95 Å². The Morgan fingerprint density at radius 1 is 1.07 bits per heavy atom. The second-order valence-corrected chi connectivity index (χ2v) is 6.16. The molecule has 2 rings (SSSR count). The first kappa shape index (κ1) is 21.9. The molecule has 9 heteroatoms. The van der Waals surface area contributed by atoms with Gasteiger partial charge in [-0.15, -0.1) is 0 Å². The van der Waals surface area contributed by atoms with Crippen molar-refractivity contribution in [3.05, 3.63) is 42.2 Å². The molecule has 0 saturated heterocycles. The lowest BCUT2D eigenvalue weighted by Crippen LogP contribution is -2.36. The molecule has 0 radical (unpaired) electrons. The molecule has 0 unspecified atom stereocenters. The van der Waals surface area contributed by atoms with Gasteiger partial charge in [-0.2, -0.15) is 0 Å². The number of ether oxygens (including phenoxy) is 3. The monoisotopic (exact) mass is 402 g/mol. The molecular formula is C20H26N4O5. The molecule has 2 aromatic rings. The summed E-state index contributed by atoms with van der Waals surface area (Å²) in [6.45, 7) is 2.32. The van der Waals surface area contributed by atoms with Crippen molar-refractivity contribution < 1.29 is 23.8 Å². The van der Waals surface area contributed by atoms with E-state index in [1.807, 2.05) is 19.1 Å². The summed E-state index contributed by atoms with van der Waals surface area (Å²) in [6.07, 6.45) is 3.17. The molecule has 0 aliphatic carbocycles. The number of amides is 1. The molecule has 9 nitrogen and oxygen atoms in total. The van der Waals surface area contributed by atoms with Gasteiger partial charge >= 0.3 is 5.97 Å². The zero-order valence-corrected chi connectivity index (χ0v) is 17.1. The quantitative estimate of drug-likeness (QED) is 0.552. The molecule has 0 aliphatic heterocycles. The Bertz CT molecular complexity index is 816. The Balaban J connectivity index is 1.88. The highest BCUT2D eigenvalue weighted by Gasteiger charge is 2.17. The zero-order chi connectivity index (χ0) is 21.2. The van der Waals surface area contributed by atoms with Crippen LogP contribution >= 0.6 is 0 Å². The van der Waals surface area contributed by atoms with Crippen molar-refractivity contribution in [3.8, 4) is 11.5 Å². The van der Waals surface area contributed by atoms with Crippen LogP contribution in [0.5, 0.6) is 11.5 Å². The average Bonchev–Trinajstić information content (AvgIpc) is 2.76. The Morgan fingerprint density at radius 2 is 1.76 bits per heavy atom. The normalized spacial score (nSPS) is 10.2. The van der Waals surface area contributed by atoms with E-state index >= 15 is 0 Å². The zero-order valence-electron chi connectivity index (χ0n) is 17.1. The van der Waals surface area contributed by atoms with Crippen LogP contribution in [0.2, 0.25) is 0 Å². The van der Waals surface area contributed by atoms with E-state index < -0.39 is 5.97 Å². The van der Waals surface area contributed by atoms with Gasteiger partial charge in [0.05, 0.1) is 14.2 Å². The lowest BCUT2D eigenvalue weighted by atomic mass is 10.2. The van der Waals surface area contributed by atoms with Gasteiger partial charge in [-0.05, 0) is 30.7 Å². The summed E-state index contributed by atoms with van der Waals surface area (Å²) in [5.41, 5.74) is 0.880. The van der Waals surface area contributed by atoms with Gasteiger partial charge in [-0.25, -0.2) is 9.97 Å². The smallest absolute Gasteiger partial charge is 0.326 e. The second kappa shape index (κ2) is 10.8. The summed E-state index contributed by atoms with van der Waals surface area (Å²) in [5, 5.41) is 0. The van der Waals surface area contributed by atoms with Crippen LogP contribution in [-0.4, -0.2) is 67.7 Å². The number of benzene rings is 1. The SMILES string of the molecule is CCN(Cc1ccc(OC)c(OC)c1)C(=O)COC(=O)CN(C)c1ncccn1. The Hall–Kier alpha value is -3.36. The maximum Gasteiger partial charge on any atom is 0.326 e. The van der Waals surface area contributed by atoms with E-state index in [1.165, 1.54) is 0 Å². The predicted octanol–water partition coefficient (Wildman–Crippen LogP) is 1.52. The number of hydrogen-bond donors (Lipinski definition) is 0. The molecule has 0 fully saturated rings. The third kappa shape index (κ3) is 6.34. The van der Waals surface area contributed by atoms with Crippen LogP contribution in [0, 0.1) is 0 Å². The molecule has 0 spiro atoms. The van der Waals surface area contributed by atoms with Crippen molar-refractivity contribution in [1.29, 1.82) is 0 Å². The largest absolute Gasteiger partial charge is 0.493 e. The van der Waals surface area contributed by atoms with Crippen LogP contribution in [0.3, 0.4) is 0 Å². The highest BCUT2D eigenvalue weighted by molar-refractivity contribution is 5.82. The topological polar surface area (TPSA) is 94.1 Å². The fourth-order valence-corrected chi connectivity index (χ4v) is 2.61. The number of hydrogen-bond acceptors (Lipinski definition) is 8. The molecule has 156 valence electrons. The molecule has 1 aromatic carbocycles. The summed E-state index contributed by atoms with van der Waals surface area (Å²) in [5.74, 6) is 0.793. The highest BCUT2D eigenvalue weighted by atomic mass is 16.5. The van der Waals surface area contributed by atoms with Crippen LogP contribution < -0.4 is 14.4 Å². The van der Waals surface area contributed by atoms with Crippen molar-refractivity contribution in [2.24, 2.45) is 0 Å². The first-order valence-electron chi connectivity index (χ1n) is 9.10. The fourth-order valence-electron chi connectivity index (χ4n) is 2.61. The van der Waals surface area contributed by atoms with Crippen molar-refractivity contribution in [2.75, 3.05) is 45.9 Å². The average molecular weight is 402 g/mol. The summed E-state index contributed by atoms with van der Waals surface area (Å²) < 4.78 is 15.6.